The molecule has 0 aromatic heterocycles. The van der Waals surface area contributed by atoms with Crippen LogP contribution in [0.5, 0.6) is 0 Å². The molecule has 0 bridgehead atoms. The van der Waals surface area contributed by atoms with Crippen LogP contribution >= 0.6 is 0 Å². The van der Waals surface area contributed by atoms with Crippen LogP contribution in [-0.4, -0.2) is 30.8 Å². The van der Waals surface area contributed by atoms with E-state index in [2.05, 4.69) is 9.47 Å². The molecule has 0 saturated carbocycles. The van der Waals surface area contributed by atoms with Gasteiger partial charge in [-0.1, -0.05) is 0 Å². The number of carboxylic acid groups (broad SMARTS) is 1. The van der Waals surface area contributed by atoms with Gasteiger partial charge in [0.05, 0.1) is 19.2 Å². The van der Waals surface area contributed by atoms with Crippen LogP contribution in [0.3, 0.4) is 0 Å². The molecule has 1 heterocycles. The second kappa shape index (κ2) is 4.95. The first-order valence-electron chi connectivity index (χ1n) is 3.66. The topological polar surface area (TPSA) is 75.7 Å². The third-order valence-corrected chi connectivity index (χ3v) is 1.74. The fourth-order valence-electron chi connectivity index (χ4n) is 0.959. The van der Waals surface area contributed by atoms with Crippen molar-refractivity contribution in [2.75, 3.05) is 13.2 Å². The molecular weight excluding hydrogens is 187 g/mol. The predicted molar refractivity (Wildman–Crippen MR) is 34.9 cm³/mol. The summed E-state index contributed by atoms with van der Waals surface area (Å²) < 4.78 is 9.18. The van der Waals surface area contributed by atoms with Gasteiger partial charge in [-0.3, -0.25) is 0 Å². The van der Waals surface area contributed by atoms with Crippen LogP contribution in [0.1, 0.15) is 13.3 Å². The van der Waals surface area contributed by atoms with E-state index in [0.29, 0.717) is 0 Å². The van der Waals surface area contributed by atoms with Crippen molar-refractivity contribution in [1.29, 1.82) is 0 Å². The Bertz CT molecular complexity index is 211. The van der Waals surface area contributed by atoms with Gasteiger partial charge in [0, 0.05) is 6.42 Å². The number of rotatable bonds is 3. The molecule has 1 aliphatic heterocycles. The van der Waals surface area contributed by atoms with Crippen molar-refractivity contribution in [3.8, 4) is 0 Å². The van der Waals surface area contributed by atoms with E-state index in [1.165, 1.54) is 0 Å². The van der Waals surface area contributed by atoms with Crippen molar-refractivity contribution in [1.82, 2.24) is 0 Å². The minimum atomic E-state index is -1.82. The minimum absolute atomic E-state index is 0. The molecule has 1 fully saturated rings. The van der Waals surface area contributed by atoms with Gasteiger partial charge in [-0.15, -0.1) is 0 Å². The number of carbonyl (C=O) groups excluding carboxylic acids is 2. The SMILES string of the molecule is CCOC(=O)C1(C(=O)[O-])CCO1.[Na+]. The molecule has 13 heavy (non-hydrogen) atoms. The van der Waals surface area contributed by atoms with Crippen molar-refractivity contribution in [2.24, 2.45) is 0 Å². The zero-order valence-corrected chi connectivity index (χ0v) is 9.66. The average Bonchev–Trinajstić information content (AvgIpc) is 1.83. The van der Waals surface area contributed by atoms with Gasteiger partial charge in [-0.25, -0.2) is 4.79 Å². The van der Waals surface area contributed by atoms with E-state index in [4.69, 9.17) is 0 Å². The van der Waals surface area contributed by atoms with Crippen LogP contribution < -0.4 is 34.7 Å². The van der Waals surface area contributed by atoms with E-state index in [9.17, 15) is 14.7 Å². The van der Waals surface area contributed by atoms with Crippen LogP contribution in [0.25, 0.3) is 0 Å². The second-order valence-corrected chi connectivity index (χ2v) is 2.43. The van der Waals surface area contributed by atoms with Crippen molar-refractivity contribution in [3.05, 3.63) is 0 Å². The molecule has 0 spiro atoms. The van der Waals surface area contributed by atoms with Crippen molar-refractivity contribution in [2.45, 2.75) is 18.9 Å². The summed E-state index contributed by atoms with van der Waals surface area (Å²) in [7, 11) is 0. The molecule has 1 aliphatic rings. The van der Waals surface area contributed by atoms with E-state index in [1.807, 2.05) is 0 Å². The summed E-state index contributed by atoms with van der Waals surface area (Å²) in [5, 5.41) is 10.5. The largest absolute Gasteiger partial charge is 1.00 e. The van der Waals surface area contributed by atoms with Gasteiger partial charge in [-0.05, 0) is 6.92 Å². The first-order valence-corrected chi connectivity index (χ1v) is 3.66. The number of hydrogen-bond acceptors (Lipinski definition) is 5. The molecule has 0 aromatic rings. The van der Waals surface area contributed by atoms with Gasteiger partial charge < -0.3 is 19.4 Å². The molecule has 5 nitrogen and oxygen atoms in total. The van der Waals surface area contributed by atoms with E-state index in [-0.39, 0.29) is 49.2 Å². The molecule has 0 radical (unpaired) electrons. The molecule has 1 atom stereocenters. The van der Waals surface area contributed by atoms with E-state index >= 15 is 0 Å². The summed E-state index contributed by atoms with van der Waals surface area (Å²) in [4.78, 5) is 21.5. The fraction of sp³-hybridized carbons (Fsp3) is 0.714. The number of carboxylic acids is 1. The molecule has 1 rings (SSSR count). The molecule has 0 aromatic carbocycles. The Hall–Kier alpha value is -0.100. The third kappa shape index (κ3) is 2.22. The predicted octanol–water partition coefficient (Wildman–Crippen LogP) is -4.54. The summed E-state index contributed by atoms with van der Waals surface area (Å²) in [5.41, 5.74) is -1.82. The summed E-state index contributed by atoms with van der Waals surface area (Å²) >= 11 is 0. The third-order valence-electron chi connectivity index (χ3n) is 1.74. The van der Waals surface area contributed by atoms with Crippen LogP contribution in [0.4, 0.5) is 0 Å². The van der Waals surface area contributed by atoms with E-state index in [0.717, 1.165) is 0 Å². The Morgan fingerprint density at radius 3 is 2.38 bits per heavy atom. The second-order valence-electron chi connectivity index (χ2n) is 2.43. The Balaban J connectivity index is 0.00000144. The molecule has 0 aliphatic carbocycles. The number of hydrogen-bond donors (Lipinski definition) is 0. The molecule has 0 amide bonds. The van der Waals surface area contributed by atoms with Gasteiger partial charge >= 0.3 is 35.5 Å². The fourth-order valence-corrected chi connectivity index (χ4v) is 0.959. The molecule has 6 heteroatoms. The molecule has 1 unspecified atom stereocenters. The molecular formula is C7H9NaO5. The zero-order chi connectivity index (χ0) is 9.19. The van der Waals surface area contributed by atoms with Crippen LogP contribution in [0, 0.1) is 0 Å². The summed E-state index contributed by atoms with van der Waals surface area (Å²) in [6, 6.07) is 0. The van der Waals surface area contributed by atoms with Gasteiger partial charge in [0.25, 0.3) is 0 Å². The average molecular weight is 196 g/mol. The van der Waals surface area contributed by atoms with Crippen LogP contribution in [0.15, 0.2) is 0 Å². The minimum Gasteiger partial charge on any atom is -0.546 e. The number of ether oxygens (including phenoxy) is 2. The smallest absolute Gasteiger partial charge is 0.546 e. The Kier molecular flexibility index (Phi) is 4.91. The standard InChI is InChI=1S/C7H10O5.Na/c1-2-11-6(10)7(5(8)9)3-4-12-7;/h2-4H2,1H3,(H,8,9);/q;+1/p-1. The van der Waals surface area contributed by atoms with Crippen LogP contribution in [0.2, 0.25) is 0 Å². The summed E-state index contributed by atoms with van der Waals surface area (Å²) in [6.07, 6.45) is 0.133. The molecule has 0 N–H and O–H groups in total. The first-order chi connectivity index (χ1) is 5.63. The maximum absolute atomic E-state index is 11.0. The van der Waals surface area contributed by atoms with Gasteiger partial charge in [0.15, 0.2) is 0 Å². The van der Waals surface area contributed by atoms with Crippen LogP contribution in [-0.2, 0) is 19.1 Å². The van der Waals surface area contributed by atoms with Gasteiger partial charge in [0.1, 0.15) is 0 Å². The number of carbonyl (C=O) groups is 2. The zero-order valence-electron chi connectivity index (χ0n) is 7.66. The van der Waals surface area contributed by atoms with Gasteiger partial charge in [-0.2, -0.15) is 0 Å². The normalized spacial score (nSPS) is 25.3. The quantitative estimate of drug-likeness (QED) is 0.258. The maximum atomic E-state index is 11.0. The van der Waals surface area contributed by atoms with Crippen molar-refractivity contribution >= 4 is 11.9 Å². The maximum Gasteiger partial charge on any atom is 1.00 e. The number of esters is 1. The monoisotopic (exact) mass is 196 g/mol. The number of aliphatic carboxylic acids is 1. The molecule has 1 saturated heterocycles. The Morgan fingerprint density at radius 2 is 2.15 bits per heavy atom. The summed E-state index contributed by atoms with van der Waals surface area (Å²) in [5.74, 6) is -2.39. The summed E-state index contributed by atoms with van der Waals surface area (Å²) in [6.45, 7) is 1.99. The van der Waals surface area contributed by atoms with E-state index < -0.39 is 17.5 Å². The Morgan fingerprint density at radius 1 is 1.62 bits per heavy atom. The van der Waals surface area contributed by atoms with Crippen molar-refractivity contribution in [3.63, 3.8) is 0 Å². The van der Waals surface area contributed by atoms with Gasteiger partial charge in [0.2, 0.25) is 5.60 Å². The first kappa shape index (κ1) is 12.9. The molecule has 68 valence electrons. The van der Waals surface area contributed by atoms with Crippen molar-refractivity contribution < 1.29 is 53.7 Å². The van der Waals surface area contributed by atoms with E-state index in [1.54, 1.807) is 6.92 Å². The Labute approximate surface area is 97.7 Å².